The fourth-order valence-corrected chi connectivity index (χ4v) is 2.51. The van der Waals surface area contributed by atoms with Crippen molar-refractivity contribution >= 4 is 15.2 Å². The quantitative estimate of drug-likeness (QED) is 0.488. The first-order valence-electron chi connectivity index (χ1n) is 3.82. The Morgan fingerprint density at radius 2 is 1.80 bits per heavy atom. The zero-order valence-corrected chi connectivity index (χ0v) is 7.07. The molecule has 0 aromatic rings. The number of nitrogens with zero attached hydrogens (tertiary/aromatic N) is 1. The maximum atomic E-state index is 11.0. The number of fused-ring (bicyclic) bond motifs is 2. The first kappa shape index (κ1) is 6.75. The number of hydrogen-bond donors (Lipinski definition) is 0. The molecule has 0 N–H and O–H groups in total. The van der Waals surface area contributed by atoms with Crippen LogP contribution in [0.4, 0.5) is 0 Å². The van der Waals surface area contributed by atoms with E-state index in [-0.39, 0.29) is 0 Å². The fourth-order valence-electron chi connectivity index (χ4n) is 2.00. The highest BCUT2D eigenvalue weighted by molar-refractivity contribution is 7.13. The lowest BCUT2D eigenvalue weighted by atomic mass is 10.0. The zero-order valence-electron chi connectivity index (χ0n) is 5.92. The molecule has 0 saturated carbocycles. The highest BCUT2D eigenvalue weighted by atomic mass is 31.0. The minimum atomic E-state index is 0.464. The second-order valence-corrected chi connectivity index (χ2v) is 3.88. The molecule has 2 saturated heterocycles. The Morgan fingerprint density at radius 1 is 1.30 bits per heavy atom. The van der Waals surface area contributed by atoms with Gasteiger partial charge >= 0.3 is 0 Å². The van der Waals surface area contributed by atoms with Crippen LogP contribution in [0, 0.1) is 0 Å². The van der Waals surface area contributed by atoms with Crippen molar-refractivity contribution in [3.05, 3.63) is 0 Å². The molecule has 3 unspecified atom stereocenters. The molecule has 2 aliphatic rings. The average molecular weight is 157 g/mol. The van der Waals surface area contributed by atoms with Gasteiger partial charge < -0.3 is 0 Å². The predicted molar refractivity (Wildman–Crippen MR) is 42.6 cm³/mol. The summed E-state index contributed by atoms with van der Waals surface area (Å²) >= 11 is 0. The van der Waals surface area contributed by atoms with Crippen LogP contribution in [0.3, 0.4) is 0 Å². The van der Waals surface area contributed by atoms with Crippen molar-refractivity contribution in [1.29, 1.82) is 0 Å². The molecular formula is C7H12NOP. The van der Waals surface area contributed by atoms with Gasteiger partial charge in [-0.05, 0) is 12.8 Å². The molecule has 0 amide bonds. The summed E-state index contributed by atoms with van der Waals surface area (Å²) in [6.07, 6.45) is 4.03. The van der Waals surface area contributed by atoms with E-state index in [4.69, 9.17) is 0 Å². The number of carbonyl (C=O) groups excluding carboxylic acids is 1. The molecular weight excluding hydrogens is 145 g/mol. The number of carbonyl (C=O) groups is 1. The predicted octanol–water partition coefficient (Wildman–Crippen LogP) is 0.972. The van der Waals surface area contributed by atoms with Crippen molar-refractivity contribution in [1.82, 2.24) is 4.67 Å². The van der Waals surface area contributed by atoms with Gasteiger partial charge in [0.1, 0.15) is 5.78 Å². The molecule has 10 heavy (non-hydrogen) atoms. The van der Waals surface area contributed by atoms with E-state index in [1.165, 1.54) is 12.8 Å². The van der Waals surface area contributed by atoms with Gasteiger partial charge in [0.15, 0.2) is 0 Å². The molecule has 0 radical (unpaired) electrons. The number of rotatable bonds is 0. The summed E-state index contributed by atoms with van der Waals surface area (Å²) in [5.41, 5.74) is 0. The van der Waals surface area contributed by atoms with Gasteiger partial charge in [0.2, 0.25) is 0 Å². The molecule has 56 valence electrons. The Hall–Kier alpha value is 0.0600. The maximum absolute atomic E-state index is 11.0. The Labute approximate surface area is 63.2 Å². The minimum Gasteiger partial charge on any atom is -0.300 e. The van der Waals surface area contributed by atoms with Gasteiger partial charge in [-0.15, -0.1) is 0 Å². The molecule has 2 heterocycles. The Bertz CT molecular complexity index is 155. The number of ketones is 1. The van der Waals surface area contributed by atoms with Gasteiger partial charge in [-0.2, -0.15) is 0 Å². The van der Waals surface area contributed by atoms with Gasteiger partial charge in [0.05, 0.1) is 0 Å². The minimum absolute atomic E-state index is 0.464. The molecule has 0 aliphatic carbocycles. The van der Waals surface area contributed by atoms with Crippen molar-refractivity contribution in [2.45, 2.75) is 37.8 Å². The normalized spacial score (nSPS) is 40.7. The number of piperidine rings is 1. The van der Waals surface area contributed by atoms with Gasteiger partial charge in [0, 0.05) is 24.9 Å². The van der Waals surface area contributed by atoms with E-state index < -0.39 is 0 Å². The van der Waals surface area contributed by atoms with Crippen LogP contribution < -0.4 is 0 Å². The first-order chi connectivity index (χ1) is 4.77. The lowest BCUT2D eigenvalue weighted by Crippen LogP contribution is -2.35. The van der Waals surface area contributed by atoms with Crippen LogP contribution >= 0.6 is 9.39 Å². The summed E-state index contributed by atoms with van der Waals surface area (Å²) in [5.74, 6) is 0.464. The van der Waals surface area contributed by atoms with Crippen LogP contribution in [-0.2, 0) is 4.79 Å². The van der Waals surface area contributed by atoms with Crippen LogP contribution in [-0.4, -0.2) is 22.5 Å². The average Bonchev–Trinajstić information content (AvgIpc) is 2.20. The lowest BCUT2D eigenvalue weighted by Gasteiger charge is -2.29. The zero-order chi connectivity index (χ0) is 7.14. The Morgan fingerprint density at radius 3 is 2.30 bits per heavy atom. The van der Waals surface area contributed by atoms with Gasteiger partial charge in [-0.1, -0.05) is 9.39 Å². The largest absolute Gasteiger partial charge is 0.300 e. The summed E-state index contributed by atoms with van der Waals surface area (Å²) in [5, 5.41) is 0. The van der Waals surface area contributed by atoms with E-state index >= 15 is 0 Å². The molecule has 0 aromatic heterocycles. The molecule has 0 aromatic carbocycles. The second kappa shape index (κ2) is 2.28. The van der Waals surface area contributed by atoms with E-state index in [0.29, 0.717) is 17.9 Å². The molecule has 0 spiro atoms. The van der Waals surface area contributed by atoms with E-state index in [1.807, 2.05) is 0 Å². The molecule has 2 fully saturated rings. The summed E-state index contributed by atoms with van der Waals surface area (Å²) < 4.78 is 2.29. The van der Waals surface area contributed by atoms with Crippen LogP contribution in [0.2, 0.25) is 0 Å². The number of Topliss-reactive ketones (excluding diaryl/α,β-unsaturated/α-hetero) is 1. The molecule has 3 heteroatoms. The summed E-state index contributed by atoms with van der Waals surface area (Å²) in [4.78, 5) is 11.0. The molecule has 2 nitrogen and oxygen atoms in total. The monoisotopic (exact) mass is 157 g/mol. The highest BCUT2D eigenvalue weighted by Crippen LogP contribution is 2.36. The van der Waals surface area contributed by atoms with Crippen LogP contribution in [0.15, 0.2) is 0 Å². The van der Waals surface area contributed by atoms with Gasteiger partial charge in [0.25, 0.3) is 0 Å². The van der Waals surface area contributed by atoms with Crippen LogP contribution in [0.1, 0.15) is 25.7 Å². The smallest absolute Gasteiger partial charge is 0.136 e. The van der Waals surface area contributed by atoms with Crippen molar-refractivity contribution in [3.8, 4) is 0 Å². The summed E-state index contributed by atoms with van der Waals surface area (Å²) in [7, 11) is 2.74. The topological polar surface area (TPSA) is 20.3 Å². The van der Waals surface area contributed by atoms with Gasteiger partial charge in [-0.25, -0.2) is 0 Å². The maximum Gasteiger partial charge on any atom is 0.136 e. The lowest BCUT2D eigenvalue weighted by molar-refractivity contribution is -0.122. The fraction of sp³-hybridized carbons (Fsp3) is 0.857. The summed E-state index contributed by atoms with van der Waals surface area (Å²) in [6.45, 7) is 0. The first-order valence-corrected chi connectivity index (χ1v) is 4.34. The molecule has 3 atom stereocenters. The van der Waals surface area contributed by atoms with Crippen molar-refractivity contribution in [3.63, 3.8) is 0 Å². The second-order valence-electron chi connectivity index (χ2n) is 3.28. The Kier molecular flexibility index (Phi) is 1.54. The molecule has 2 bridgehead atoms. The standard InChI is InChI=1S/C7H12NOP/c9-7-3-5-1-2-6(4-7)8(5)10/h5-6H,1-4,10H2. The molecule has 2 aliphatic heterocycles. The van der Waals surface area contributed by atoms with Crippen molar-refractivity contribution in [2.75, 3.05) is 0 Å². The van der Waals surface area contributed by atoms with E-state index in [1.54, 1.807) is 0 Å². The third kappa shape index (κ3) is 0.906. The van der Waals surface area contributed by atoms with Crippen molar-refractivity contribution in [2.24, 2.45) is 0 Å². The van der Waals surface area contributed by atoms with Crippen molar-refractivity contribution < 1.29 is 4.79 Å². The third-order valence-electron chi connectivity index (χ3n) is 2.60. The highest BCUT2D eigenvalue weighted by Gasteiger charge is 2.37. The van der Waals surface area contributed by atoms with E-state index in [2.05, 4.69) is 14.1 Å². The van der Waals surface area contributed by atoms with Gasteiger partial charge in [-0.3, -0.25) is 9.46 Å². The van der Waals surface area contributed by atoms with Crippen LogP contribution in [0.5, 0.6) is 0 Å². The van der Waals surface area contributed by atoms with Crippen LogP contribution in [0.25, 0.3) is 0 Å². The third-order valence-corrected chi connectivity index (χ3v) is 3.45. The summed E-state index contributed by atoms with van der Waals surface area (Å²) in [6, 6.07) is 1.10. The van der Waals surface area contributed by atoms with E-state index in [9.17, 15) is 4.79 Å². The molecule has 2 rings (SSSR count). The SMILES string of the molecule is O=C1CC2CCC(C1)N2P. The number of hydrogen-bond acceptors (Lipinski definition) is 2. The Balaban J connectivity index is 2.16. The van der Waals surface area contributed by atoms with E-state index in [0.717, 1.165) is 12.8 Å².